The normalized spacial score (nSPS) is 12.2. The molecule has 2 heterocycles. The third kappa shape index (κ3) is 1.44. The van der Waals surface area contributed by atoms with Crippen molar-refractivity contribution in [3.8, 4) is 0 Å². The smallest absolute Gasteiger partial charge is 0.435 e. The van der Waals surface area contributed by atoms with Crippen LogP contribution in [0.15, 0.2) is 5.51 Å². The summed E-state index contributed by atoms with van der Waals surface area (Å²) in [5.41, 5.74) is -1.16. The lowest BCUT2D eigenvalue weighted by Gasteiger charge is -2.02. The monoisotopic (exact) mass is 237 g/mol. The third-order valence-corrected chi connectivity index (χ3v) is 2.29. The predicted molar refractivity (Wildman–Crippen MR) is 42.8 cm³/mol. The fourth-order valence-corrected chi connectivity index (χ4v) is 1.70. The molecule has 5 nitrogen and oxygen atoms in total. The van der Waals surface area contributed by atoms with Gasteiger partial charge in [0.05, 0.1) is 0 Å². The molecule has 0 saturated heterocycles. The maximum atomic E-state index is 12.4. The van der Waals surface area contributed by atoms with Gasteiger partial charge in [-0.2, -0.15) is 22.8 Å². The van der Waals surface area contributed by atoms with Gasteiger partial charge in [0.15, 0.2) is 11.4 Å². The number of carbonyl (C=O) groups is 1. The molecule has 2 aromatic heterocycles. The summed E-state index contributed by atoms with van der Waals surface area (Å²) in [6, 6.07) is 0. The predicted octanol–water partition coefficient (Wildman–Crippen LogP) is 1.51. The molecular weight excluding hydrogens is 235 g/mol. The van der Waals surface area contributed by atoms with Crippen LogP contribution in [0.5, 0.6) is 0 Å². The van der Waals surface area contributed by atoms with Crippen LogP contribution in [0.4, 0.5) is 13.2 Å². The SMILES string of the molecule is O=C(O)c1c(C(F)(F)F)nc2scnn12. The third-order valence-electron chi connectivity index (χ3n) is 1.62. The molecule has 0 atom stereocenters. The van der Waals surface area contributed by atoms with Crippen molar-refractivity contribution in [2.45, 2.75) is 6.18 Å². The van der Waals surface area contributed by atoms with Gasteiger partial charge in [-0.25, -0.2) is 9.78 Å². The quantitative estimate of drug-likeness (QED) is 0.816. The molecule has 1 N–H and O–H groups in total. The van der Waals surface area contributed by atoms with Crippen molar-refractivity contribution in [2.75, 3.05) is 0 Å². The van der Waals surface area contributed by atoms with E-state index < -0.39 is 23.5 Å². The van der Waals surface area contributed by atoms with E-state index in [9.17, 15) is 18.0 Å². The van der Waals surface area contributed by atoms with E-state index >= 15 is 0 Å². The standard InChI is InChI=1S/C6H2F3N3O2S/c7-6(8,9)3-2(4(13)14)12-5(11-3)15-1-10-12/h1H,(H,13,14). The summed E-state index contributed by atoms with van der Waals surface area (Å²) < 4.78 is 37.7. The lowest BCUT2D eigenvalue weighted by molar-refractivity contribution is -0.141. The summed E-state index contributed by atoms with van der Waals surface area (Å²) in [4.78, 5) is 13.7. The van der Waals surface area contributed by atoms with Crippen LogP contribution in [0.1, 0.15) is 16.2 Å². The maximum absolute atomic E-state index is 12.4. The Morgan fingerprint density at radius 2 is 2.20 bits per heavy atom. The molecule has 15 heavy (non-hydrogen) atoms. The van der Waals surface area contributed by atoms with E-state index in [1.807, 2.05) is 0 Å². The van der Waals surface area contributed by atoms with Gasteiger partial charge in [-0.3, -0.25) is 0 Å². The number of aromatic carboxylic acids is 1. The van der Waals surface area contributed by atoms with E-state index in [-0.39, 0.29) is 4.96 Å². The largest absolute Gasteiger partial charge is 0.476 e. The van der Waals surface area contributed by atoms with Crippen molar-refractivity contribution in [1.29, 1.82) is 0 Å². The average molecular weight is 237 g/mol. The molecular formula is C6H2F3N3O2S. The highest BCUT2D eigenvalue weighted by atomic mass is 32.1. The molecule has 0 saturated carbocycles. The maximum Gasteiger partial charge on any atom is 0.435 e. The van der Waals surface area contributed by atoms with E-state index in [4.69, 9.17) is 5.11 Å². The minimum Gasteiger partial charge on any atom is -0.476 e. The van der Waals surface area contributed by atoms with E-state index in [1.54, 1.807) is 0 Å². The number of hydrogen-bond acceptors (Lipinski definition) is 4. The Hall–Kier alpha value is -1.64. The molecule has 0 aromatic carbocycles. The summed E-state index contributed by atoms with van der Waals surface area (Å²) in [7, 11) is 0. The zero-order valence-corrected chi connectivity index (χ0v) is 7.63. The van der Waals surface area contributed by atoms with Crippen LogP contribution < -0.4 is 0 Å². The van der Waals surface area contributed by atoms with Crippen LogP contribution in [0, 0.1) is 0 Å². The number of nitrogens with zero attached hydrogens (tertiary/aromatic N) is 3. The number of carboxylic acids is 1. The Morgan fingerprint density at radius 1 is 1.53 bits per heavy atom. The highest BCUT2D eigenvalue weighted by molar-refractivity contribution is 7.14. The Kier molecular flexibility index (Phi) is 1.93. The van der Waals surface area contributed by atoms with Crippen LogP contribution in [0.3, 0.4) is 0 Å². The first-order valence-electron chi connectivity index (χ1n) is 3.54. The number of halogens is 3. The molecule has 9 heteroatoms. The molecule has 2 rings (SSSR count). The van der Waals surface area contributed by atoms with Crippen LogP contribution in [0.2, 0.25) is 0 Å². The second kappa shape index (κ2) is 2.92. The van der Waals surface area contributed by atoms with Gasteiger partial charge in [0, 0.05) is 0 Å². The Balaban J connectivity index is 2.79. The molecule has 0 aliphatic carbocycles. The van der Waals surface area contributed by atoms with Crippen molar-refractivity contribution in [1.82, 2.24) is 14.6 Å². The number of alkyl halides is 3. The zero-order chi connectivity index (χ0) is 11.2. The minimum atomic E-state index is -4.79. The molecule has 0 spiro atoms. The summed E-state index contributed by atoms with van der Waals surface area (Å²) in [5, 5.41) is 12.1. The van der Waals surface area contributed by atoms with E-state index in [0.717, 1.165) is 11.3 Å². The van der Waals surface area contributed by atoms with Gasteiger partial charge in [-0.15, -0.1) is 0 Å². The molecule has 0 amide bonds. The Bertz CT molecular complexity index is 529. The Labute approximate surface area is 83.8 Å². The molecule has 0 unspecified atom stereocenters. The van der Waals surface area contributed by atoms with E-state index in [1.165, 1.54) is 5.51 Å². The van der Waals surface area contributed by atoms with Crippen LogP contribution in [-0.4, -0.2) is 25.7 Å². The topological polar surface area (TPSA) is 67.5 Å². The molecule has 0 aliphatic rings. The number of rotatable bonds is 1. The summed E-state index contributed by atoms with van der Waals surface area (Å²) in [5.74, 6) is -1.71. The van der Waals surface area contributed by atoms with Crippen LogP contribution in [0.25, 0.3) is 4.96 Å². The number of carboxylic acid groups (broad SMARTS) is 1. The number of aromatic nitrogens is 3. The van der Waals surface area contributed by atoms with Gasteiger partial charge >= 0.3 is 12.1 Å². The van der Waals surface area contributed by atoms with Crippen molar-refractivity contribution < 1.29 is 23.1 Å². The summed E-state index contributed by atoms with van der Waals surface area (Å²) in [6.45, 7) is 0. The first kappa shape index (κ1) is 9.90. The van der Waals surface area contributed by atoms with Crippen molar-refractivity contribution in [3.05, 3.63) is 16.9 Å². The number of imidazole rings is 1. The summed E-state index contributed by atoms with van der Waals surface area (Å²) in [6.07, 6.45) is -4.79. The van der Waals surface area contributed by atoms with E-state index in [0.29, 0.717) is 4.52 Å². The number of fused-ring (bicyclic) bond motifs is 1. The molecule has 0 aliphatic heterocycles. The van der Waals surface area contributed by atoms with Crippen LogP contribution >= 0.6 is 11.3 Å². The molecule has 0 fully saturated rings. The molecule has 0 bridgehead atoms. The van der Waals surface area contributed by atoms with Crippen LogP contribution in [-0.2, 0) is 6.18 Å². The van der Waals surface area contributed by atoms with Gasteiger partial charge in [-0.1, -0.05) is 11.3 Å². The van der Waals surface area contributed by atoms with Gasteiger partial charge in [0.25, 0.3) is 0 Å². The number of hydrogen-bond donors (Lipinski definition) is 1. The second-order valence-corrected chi connectivity index (χ2v) is 3.36. The lowest BCUT2D eigenvalue weighted by atomic mass is 10.3. The van der Waals surface area contributed by atoms with Crippen molar-refractivity contribution in [3.63, 3.8) is 0 Å². The molecule has 0 radical (unpaired) electrons. The van der Waals surface area contributed by atoms with Crippen molar-refractivity contribution in [2.24, 2.45) is 0 Å². The first-order chi connectivity index (χ1) is 6.91. The molecule has 80 valence electrons. The van der Waals surface area contributed by atoms with E-state index in [2.05, 4.69) is 10.1 Å². The summed E-state index contributed by atoms with van der Waals surface area (Å²) >= 11 is 0.833. The highest BCUT2D eigenvalue weighted by Crippen LogP contribution is 2.32. The Morgan fingerprint density at radius 3 is 2.73 bits per heavy atom. The van der Waals surface area contributed by atoms with Gasteiger partial charge in [0.2, 0.25) is 4.96 Å². The minimum absolute atomic E-state index is 0.0975. The highest BCUT2D eigenvalue weighted by Gasteiger charge is 2.40. The second-order valence-electron chi connectivity index (χ2n) is 2.55. The fraction of sp³-hybridized carbons (Fsp3) is 0.167. The lowest BCUT2D eigenvalue weighted by Crippen LogP contribution is -2.14. The van der Waals surface area contributed by atoms with Gasteiger partial charge < -0.3 is 5.11 Å². The zero-order valence-electron chi connectivity index (χ0n) is 6.82. The van der Waals surface area contributed by atoms with Gasteiger partial charge in [-0.05, 0) is 0 Å². The average Bonchev–Trinajstić information content (AvgIpc) is 2.56. The van der Waals surface area contributed by atoms with Crippen molar-refractivity contribution >= 4 is 22.3 Å². The molecule has 2 aromatic rings. The first-order valence-corrected chi connectivity index (χ1v) is 4.42. The fourth-order valence-electron chi connectivity index (χ4n) is 1.08. The van der Waals surface area contributed by atoms with Gasteiger partial charge in [0.1, 0.15) is 5.51 Å².